The predicted molar refractivity (Wildman–Crippen MR) is 148 cm³/mol. The van der Waals surface area contributed by atoms with E-state index < -0.39 is 0 Å². The molecule has 0 unspecified atom stereocenters. The molecule has 0 fully saturated rings. The van der Waals surface area contributed by atoms with Gasteiger partial charge in [0.25, 0.3) is 0 Å². The van der Waals surface area contributed by atoms with Crippen LogP contribution in [0.25, 0.3) is 49.5 Å². The Hall–Kier alpha value is -3.63. The largest absolute Gasteiger partial charge is 0.464 e. The second kappa shape index (κ2) is 8.54. The minimum absolute atomic E-state index is 0.391. The van der Waals surface area contributed by atoms with E-state index in [0.717, 1.165) is 33.7 Å². The zero-order chi connectivity index (χ0) is 24.1. The smallest absolute Gasteiger partial charge is 0.147 e. The highest BCUT2D eigenvalue weighted by molar-refractivity contribution is 7.17. The molecule has 0 saturated heterocycles. The monoisotopic (exact) mass is 476 g/mol. The molecule has 3 nitrogen and oxygen atoms in total. The maximum absolute atomic E-state index is 5.70. The van der Waals surface area contributed by atoms with Crippen LogP contribution in [0.2, 0.25) is 0 Å². The minimum Gasteiger partial charge on any atom is -0.464 e. The molecule has 3 aromatic carbocycles. The molecule has 174 valence electrons. The van der Waals surface area contributed by atoms with E-state index in [9.17, 15) is 0 Å². The normalized spacial score (nSPS) is 11.9. The third-order valence-corrected chi connectivity index (χ3v) is 7.71. The van der Waals surface area contributed by atoms with Gasteiger partial charge in [0, 0.05) is 26.6 Å². The zero-order valence-corrected chi connectivity index (χ0v) is 21.3. The predicted octanol–water partition coefficient (Wildman–Crippen LogP) is 9.41. The SMILES string of the molecule is CC(C)c1cccc(C(C)C)c1-n1c(-c2csc3ccc(-c4ccco4)cc23)nc2ccccc21. The van der Waals surface area contributed by atoms with Gasteiger partial charge in [0.15, 0.2) is 0 Å². The van der Waals surface area contributed by atoms with Crippen LogP contribution in [0.5, 0.6) is 0 Å². The molecule has 4 heteroatoms. The van der Waals surface area contributed by atoms with Crippen LogP contribution in [0.1, 0.15) is 50.7 Å². The van der Waals surface area contributed by atoms with E-state index in [4.69, 9.17) is 9.40 Å². The molecule has 6 aromatic rings. The average Bonchev–Trinajstić information content (AvgIpc) is 3.61. The van der Waals surface area contributed by atoms with Gasteiger partial charge in [-0.2, -0.15) is 0 Å². The molecule has 35 heavy (non-hydrogen) atoms. The number of nitrogens with zero attached hydrogens (tertiary/aromatic N) is 2. The Kier molecular flexibility index (Phi) is 5.34. The van der Waals surface area contributed by atoms with Crippen molar-refractivity contribution in [1.82, 2.24) is 9.55 Å². The first-order chi connectivity index (χ1) is 17.0. The first-order valence-electron chi connectivity index (χ1n) is 12.2. The third-order valence-electron chi connectivity index (χ3n) is 6.75. The van der Waals surface area contributed by atoms with Crippen molar-refractivity contribution in [2.75, 3.05) is 0 Å². The van der Waals surface area contributed by atoms with Gasteiger partial charge in [0.2, 0.25) is 0 Å². The van der Waals surface area contributed by atoms with Crippen LogP contribution in [0.4, 0.5) is 0 Å². The molecule has 0 amide bonds. The quantitative estimate of drug-likeness (QED) is 0.248. The van der Waals surface area contributed by atoms with Crippen LogP contribution in [-0.2, 0) is 0 Å². The zero-order valence-electron chi connectivity index (χ0n) is 20.4. The first-order valence-corrected chi connectivity index (χ1v) is 13.1. The van der Waals surface area contributed by atoms with Gasteiger partial charge in [-0.05, 0) is 65.4 Å². The summed E-state index contributed by atoms with van der Waals surface area (Å²) in [5, 5.41) is 3.45. The Morgan fingerprint density at radius 1 is 0.829 bits per heavy atom. The fourth-order valence-electron chi connectivity index (χ4n) is 5.00. The van der Waals surface area contributed by atoms with Gasteiger partial charge in [-0.25, -0.2) is 4.98 Å². The topological polar surface area (TPSA) is 31.0 Å². The molecule has 6 rings (SSSR count). The highest BCUT2D eigenvalue weighted by Gasteiger charge is 2.23. The van der Waals surface area contributed by atoms with E-state index in [1.807, 2.05) is 12.1 Å². The number of furan rings is 1. The lowest BCUT2D eigenvalue weighted by molar-refractivity contribution is 0.582. The summed E-state index contributed by atoms with van der Waals surface area (Å²) >= 11 is 1.77. The lowest BCUT2D eigenvalue weighted by Crippen LogP contribution is -2.08. The Bertz CT molecular complexity index is 1620. The number of fused-ring (bicyclic) bond motifs is 2. The van der Waals surface area contributed by atoms with Crippen molar-refractivity contribution >= 4 is 32.5 Å². The van der Waals surface area contributed by atoms with E-state index >= 15 is 0 Å². The number of benzene rings is 3. The summed E-state index contributed by atoms with van der Waals surface area (Å²) < 4.78 is 9.35. The highest BCUT2D eigenvalue weighted by atomic mass is 32.1. The van der Waals surface area contributed by atoms with E-state index in [-0.39, 0.29) is 0 Å². The number of thiophene rings is 1. The second-order valence-corrected chi connectivity index (χ2v) is 10.6. The fourth-order valence-corrected chi connectivity index (χ4v) is 5.92. The van der Waals surface area contributed by atoms with Crippen molar-refractivity contribution in [3.05, 3.63) is 95.6 Å². The number of para-hydroxylation sites is 3. The molecule has 3 heterocycles. The summed E-state index contributed by atoms with van der Waals surface area (Å²) in [4.78, 5) is 5.22. The molecule has 0 aliphatic rings. The maximum atomic E-state index is 5.70. The van der Waals surface area contributed by atoms with Gasteiger partial charge in [-0.1, -0.05) is 58.0 Å². The van der Waals surface area contributed by atoms with Crippen molar-refractivity contribution in [3.8, 4) is 28.4 Å². The van der Waals surface area contributed by atoms with E-state index in [0.29, 0.717) is 11.8 Å². The molecular weight excluding hydrogens is 448 g/mol. The Labute approximate surface area is 209 Å². The molecule has 0 spiro atoms. The molecule has 0 N–H and O–H groups in total. The van der Waals surface area contributed by atoms with Crippen LogP contribution in [-0.4, -0.2) is 9.55 Å². The van der Waals surface area contributed by atoms with E-state index in [1.165, 1.54) is 26.9 Å². The maximum Gasteiger partial charge on any atom is 0.147 e. The number of aromatic nitrogens is 2. The van der Waals surface area contributed by atoms with Crippen LogP contribution < -0.4 is 0 Å². The van der Waals surface area contributed by atoms with Gasteiger partial charge in [-0.3, -0.25) is 4.57 Å². The summed E-state index contributed by atoms with van der Waals surface area (Å²) in [7, 11) is 0. The second-order valence-electron chi connectivity index (χ2n) is 9.69. The number of imidazole rings is 1. The van der Waals surface area contributed by atoms with Crippen molar-refractivity contribution in [2.24, 2.45) is 0 Å². The standard InChI is InChI=1S/C31H28N2OS/c1-19(2)22-9-7-10-23(20(3)4)30(22)33-27-12-6-5-11-26(27)32-31(33)25-18-35-29-15-14-21(17-24(25)29)28-13-8-16-34-28/h5-20H,1-4H3. The lowest BCUT2D eigenvalue weighted by Gasteiger charge is -2.22. The fraction of sp³-hybridized carbons (Fsp3) is 0.194. The van der Waals surface area contributed by atoms with Gasteiger partial charge < -0.3 is 4.42 Å². The summed E-state index contributed by atoms with van der Waals surface area (Å²) in [5.74, 6) is 2.65. The van der Waals surface area contributed by atoms with Gasteiger partial charge >= 0.3 is 0 Å². The number of hydrogen-bond acceptors (Lipinski definition) is 3. The number of hydrogen-bond donors (Lipinski definition) is 0. The first kappa shape index (κ1) is 21.9. The Balaban J connectivity index is 1.69. The Morgan fingerprint density at radius 2 is 1.60 bits per heavy atom. The van der Waals surface area contributed by atoms with E-state index in [2.05, 4.69) is 98.3 Å². The van der Waals surface area contributed by atoms with Gasteiger partial charge in [0.05, 0.1) is 23.0 Å². The average molecular weight is 477 g/mol. The van der Waals surface area contributed by atoms with Gasteiger partial charge in [0.1, 0.15) is 11.6 Å². The molecule has 0 atom stereocenters. The molecule has 0 aliphatic heterocycles. The Morgan fingerprint density at radius 3 is 2.31 bits per heavy atom. The van der Waals surface area contributed by atoms with Crippen LogP contribution in [0.15, 0.2) is 88.9 Å². The van der Waals surface area contributed by atoms with Crippen molar-refractivity contribution in [3.63, 3.8) is 0 Å². The molecule has 0 aliphatic carbocycles. The summed E-state index contributed by atoms with van der Waals surface area (Å²) in [5.41, 5.74) is 8.34. The number of rotatable bonds is 5. The molecular formula is C31H28N2OS. The van der Waals surface area contributed by atoms with Crippen molar-refractivity contribution < 1.29 is 4.42 Å². The molecule has 0 saturated carbocycles. The highest BCUT2D eigenvalue weighted by Crippen LogP contribution is 2.41. The summed E-state index contributed by atoms with van der Waals surface area (Å²) in [6, 6.07) is 25.7. The lowest BCUT2D eigenvalue weighted by atomic mass is 9.92. The minimum atomic E-state index is 0.391. The van der Waals surface area contributed by atoms with Crippen LogP contribution >= 0.6 is 11.3 Å². The van der Waals surface area contributed by atoms with Crippen molar-refractivity contribution in [2.45, 2.75) is 39.5 Å². The van der Waals surface area contributed by atoms with Crippen LogP contribution in [0, 0.1) is 0 Å². The molecule has 0 bridgehead atoms. The van der Waals surface area contributed by atoms with Crippen LogP contribution in [0.3, 0.4) is 0 Å². The van der Waals surface area contributed by atoms with Gasteiger partial charge in [-0.15, -0.1) is 11.3 Å². The van der Waals surface area contributed by atoms with Crippen molar-refractivity contribution in [1.29, 1.82) is 0 Å². The third kappa shape index (κ3) is 3.60. The summed E-state index contributed by atoms with van der Waals surface area (Å²) in [6.07, 6.45) is 1.73. The molecule has 3 aromatic heterocycles. The summed E-state index contributed by atoms with van der Waals surface area (Å²) in [6.45, 7) is 9.10. The van der Waals surface area contributed by atoms with E-state index in [1.54, 1.807) is 17.6 Å². The molecule has 0 radical (unpaired) electrons.